The van der Waals surface area contributed by atoms with Crippen molar-refractivity contribution in [2.24, 2.45) is 5.41 Å². The van der Waals surface area contributed by atoms with E-state index in [9.17, 15) is 4.57 Å². The average molecular weight is 775 g/mol. The molecule has 0 aliphatic rings. The smallest absolute Gasteiger partial charge is 0.253 e. The molecule has 0 aromatic heterocycles. The first-order chi connectivity index (χ1) is 11.3. The van der Waals surface area contributed by atoms with Crippen molar-refractivity contribution in [2.45, 2.75) is 43.4 Å². The lowest BCUT2D eigenvalue weighted by Gasteiger charge is -2.40. The summed E-state index contributed by atoms with van der Waals surface area (Å²) in [6.45, 7) is 5.16. The second kappa shape index (κ2) is 10.6. The monoisotopic (exact) mass is 768 g/mol. The van der Waals surface area contributed by atoms with E-state index in [2.05, 4.69) is 63.7 Å². The second-order valence-corrected chi connectivity index (χ2v) is 16.4. The molecule has 0 heterocycles. The van der Waals surface area contributed by atoms with E-state index in [1.54, 1.807) is 20.8 Å². The minimum absolute atomic E-state index is 0.315. The van der Waals surface area contributed by atoms with Crippen molar-refractivity contribution in [1.82, 2.24) is 0 Å². The van der Waals surface area contributed by atoms with Gasteiger partial charge < -0.3 is 0 Å². The third-order valence-corrected chi connectivity index (χ3v) is 13.4. The molecule has 0 bridgehead atoms. The number of alkyl halides is 10. The van der Waals surface area contributed by atoms with Gasteiger partial charge in [0.2, 0.25) is 8.49 Å². The van der Waals surface area contributed by atoms with E-state index in [0.29, 0.717) is 11.8 Å². The fourth-order valence-electron chi connectivity index (χ4n) is 0.999. The summed E-state index contributed by atoms with van der Waals surface area (Å²) in [6, 6.07) is 0. The molecule has 0 aromatic carbocycles. The minimum Gasteiger partial charge on any atom is -0.253 e. The first-order valence-electron chi connectivity index (χ1n) is 6.66. The maximum atomic E-state index is 13.3. The van der Waals surface area contributed by atoms with E-state index in [-0.39, 0.29) is 0 Å². The van der Waals surface area contributed by atoms with Crippen LogP contribution >= 0.6 is 141 Å². The summed E-state index contributed by atoms with van der Waals surface area (Å²) in [5.74, 6) is -0.467. The maximum absolute atomic E-state index is 13.3. The van der Waals surface area contributed by atoms with E-state index < -0.39 is 35.4 Å². The molecule has 0 radical (unpaired) electrons. The lowest BCUT2D eigenvalue weighted by Crippen LogP contribution is -2.41. The Kier molecular flexibility index (Phi) is 12.1. The van der Waals surface area contributed by atoms with Gasteiger partial charge in [0.25, 0.3) is 4.52 Å². The predicted octanol–water partition coefficient (Wildman–Crippen LogP) is 9.25. The number of hydrogen-bond acceptors (Lipinski definition) is 4. The summed E-state index contributed by atoms with van der Waals surface area (Å²) in [4.78, 5) is 0. The van der Waals surface area contributed by atoms with Crippen LogP contribution in [0.15, 0.2) is 0 Å². The highest BCUT2D eigenvalue weighted by Gasteiger charge is 2.57. The van der Waals surface area contributed by atoms with Gasteiger partial charge in [0.05, 0.1) is 5.88 Å². The van der Waals surface area contributed by atoms with Crippen LogP contribution in [-0.4, -0.2) is 27.5 Å². The molecule has 0 N–H and O–H groups in total. The van der Waals surface area contributed by atoms with Crippen molar-refractivity contribution >= 4 is 141 Å². The van der Waals surface area contributed by atoms with Gasteiger partial charge in [-0.1, -0.05) is 127 Å². The molecule has 4 nitrogen and oxygen atoms in total. The third-order valence-electron chi connectivity index (χ3n) is 2.85. The standard InChI is InChI=1S/C11H15Br4Cl6O4P/c1-4-8(13,14)11(20,21)25-26(22,23-9(17,18)6-16)24-10(15,19)7(2,3)5-12/h4-6H2,1-3H3. The molecule has 0 saturated heterocycles. The van der Waals surface area contributed by atoms with Gasteiger partial charge in [-0.2, -0.15) is 0 Å². The number of rotatable bonds is 11. The number of phosphoric acid groups is 1. The van der Waals surface area contributed by atoms with Crippen molar-refractivity contribution < 1.29 is 18.1 Å². The van der Waals surface area contributed by atoms with Crippen molar-refractivity contribution in [2.75, 3.05) is 11.2 Å². The first-order valence-corrected chi connectivity index (χ1v) is 14.0. The van der Waals surface area contributed by atoms with Crippen molar-refractivity contribution in [3.63, 3.8) is 0 Å². The quantitative estimate of drug-likeness (QED) is 0.155. The van der Waals surface area contributed by atoms with Crippen molar-refractivity contribution in [3.8, 4) is 0 Å². The SMILES string of the molecule is CCC(Br)(Br)C(Cl)(Cl)OP(=O)(OC(Cl)(Cl)CCl)OC(Cl)(Br)C(C)(C)CBr. The Labute approximate surface area is 217 Å². The number of hydrogen-bond donors (Lipinski definition) is 0. The maximum Gasteiger partial charge on any atom is 0.482 e. The Hall–Kier alpha value is 3.77. The zero-order chi connectivity index (χ0) is 21.2. The molecule has 2 unspecified atom stereocenters. The fourth-order valence-corrected chi connectivity index (χ4v) is 6.22. The first kappa shape index (κ1) is 29.8. The molecule has 0 rings (SSSR count). The molecule has 26 heavy (non-hydrogen) atoms. The molecule has 158 valence electrons. The molecule has 0 aliphatic carbocycles. The lowest BCUT2D eigenvalue weighted by atomic mass is 9.98. The summed E-state index contributed by atoms with van der Waals surface area (Å²) in [5.41, 5.74) is -0.814. The van der Waals surface area contributed by atoms with Crippen LogP contribution in [0.1, 0.15) is 27.2 Å². The van der Waals surface area contributed by atoms with Crippen LogP contribution in [-0.2, 0) is 18.1 Å². The van der Waals surface area contributed by atoms with Crippen LogP contribution in [0.4, 0.5) is 0 Å². The molecule has 0 spiro atoms. The van der Waals surface area contributed by atoms with Crippen molar-refractivity contribution in [1.29, 1.82) is 0 Å². The molecule has 15 heteroatoms. The molecular weight excluding hydrogens is 759 g/mol. The summed E-state index contributed by atoms with van der Waals surface area (Å²) in [6.07, 6.45) is 0.315. The third kappa shape index (κ3) is 8.37. The largest absolute Gasteiger partial charge is 0.482 e. The van der Waals surface area contributed by atoms with E-state index in [0.717, 1.165) is 0 Å². The molecule has 0 amide bonds. The second-order valence-electron chi connectivity index (χ2n) is 5.60. The molecule has 0 saturated carbocycles. The fraction of sp³-hybridized carbons (Fsp3) is 1.00. The topological polar surface area (TPSA) is 44.8 Å². The van der Waals surface area contributed by atoms with E-state index in [1.165, 1.54) is 0 Å². The zero-order valence-corrected chi connectivity index (χ0v) is 25.3. The Bertz CT molecular complexity index is 501. The summed E-state index contributed by atoms with van der Waals surface area (Å²) in [7, 11) is -4.69. The lowest BCUT2D eigenvalue weighted by molar-refractivity contribution is 0.0324. The van der Waals surface area contributed by atoms with Gasteiger partial charge in [-0.05, 0) is 22.4 Å². The Morgan fingerprint density at radius 2 is 1.42 bits per heavy atom. The summed E-state index contributed by atoms with van der Waals surface area (Å²) in [5, 5.41) is 0.347. The van der Waals surface area contributed by atoms with Gasteiger partial charge in [-0.3, -0.25) is 4.52 Å². The highest BCUT2D eigenvalue weighted by molar-refractivity contribution is 9.25. The zero-order valence-electron chi connectivity index (χ0n) is 13.5. The van der Waals surface area contributed by atoms with Crippen LogP contribution in [0.25, 0.3) is 0 Å². The van der Waals surface area contributed by atoms with Crippen LogP contribution in [0.3, 0.4) is 0 Å². The molecule has 0 aromatic rings. The Morgan fingerprint density at radius 3 is 1.77 bits per heavy atom. The summed E-state index contributed by atoms with van der Waals surface area (Å²) < 4.78 is 21.9. The van der Waals surface area contributed by atoms with E-state index in [4.69, 9.17) is 83.2 Å². The van der Waals surface area contributed by atoms with Crippen LogP contribution < -0.4 is 0 Å². The van der Waals surface area contributed by atoms with Gasteiger partial charge in [0, 0.05) is 10.7 Å². The van der Waals surface area contributed by atoms with Crippen LogP contribution in [0.5, 0.6) is 0 Å². The highest BCUT2D eigenvalue weighted by atomic mass is 79.9. The predicted molar refractivity (Wildman–Crippen MR) is 126 cm³/mol. The van der Waals surface area contributed by atoms with Gasteiger partial charge in [-0.15, -0.1) is 11.6 Å². The van der Waals surface area contributed by atoms with Crippen molar-refractivity contribution in [3.05, 3.63) is 0 Å². The molecular formula is C11H15Br4Cl6O4P. The molecule has 2 atom stereocenters. The Balaban J connectivity index is 5.99. The minimum atomic E-state index is -4.69. The Morgan fingerprint density at radius 1 is 0.962 bits per heavy atom. The normalized spacial score (nSPS) is 19.1. The van der Waals surface area contributed by atoms with Crippen LogP contribution in [0, 0.1) is 5.41 Å². The van der Waals surface area contributed by atoms with Crippen LogP contribution in [0.2, 0.25) is 0 Å². The van der Waals surface area contributed by atoms with E-state index in [1.807, 2.05) is 0 Å². The number of phosphoric ester groups is 1. The molecule has 0 aliphatic heterocycles. The van der Waals surface area contributed by atoms with Gasteiger partial charge in [0.1, 0.15) is 3.23 Å². The van der Waals surface area contributed by atoms with Gasteiger partial charge in [0.15, 0.2) is 0 Å². The molecule has 0 fully saturated rings. The summed E-state index contributed by atoms with van der Waals surface area (Å²) >= 11 is 49.0. The van der Waals surface area contributed by atoms with Gasteiger partial charge in [-0.25, -0.2) is 13.6 Å². The van der Waals surface area contributed by atoms with E-state index >= 15 is 0 Å². The highest BCUT2D eigenvalue weighted by Crippen LogP contribution is 2.67. The number of halogens is 10. The average Bonchev–Trinajstić information content (AvgIpc) is 2.44. The van der Waals surface area contributed by atoms with Gasteiger partial charge >= 0.3 is 7.82 Å².